The Bertz CT molecular complexity index is 262. The Morgan fingerprint density at radius 1 is 1.06 bits per heavy atom. The highest BCUT2D eigenvalue weighted by atomic mass is 16.5. The Morgan fingerprint density at radius 3 is 2.50 bits per heavy atom. The minimum Gasteiger partial charge on any atom is -0.364 e. The molecule has 0 saturated heterocycles. The Labute approximate surface area is 112 Å². The van der Waals surface area contributed by atoms with Crippen molar-refractivity contribution in [2.24, 2.45) is 29.4 Å². The van der Waals surface area contributed by atoms with Crippen LogP contribution >= 0.6 is 0 Å². The van der Waals surface area contributed by atoms with Gasteiger partial charge in [-0.3, -0.25) is 0 Å². The van der Waals surface area contributed by atoms with Gasteiger partial charge in [0.2, 0.25) is 0 Å². The van der Waals surface area contributed by atoms with E-state index in [-0.39, 0.29) is 6.23 Å². The van der Waals surface area contributed by atoms with E-state index in [1.165, 1.54) is 57.8 Å². The molecule has 4 unspecified atom stereocenters. The smallest absolute Gasteiger partial charge is 0.105 e. The fourth-order valence-electron chi connectivity index (χ4n) is 4.38. The first-order chi connectivity index (χ1) is 8.83. The Morgan fingerprint density at radius 2 is 1.89 bits per heavy atom. The van der Waals surface area contributed by atoms with Gasteiger partial charge >= 0.3 is 0 Å². The van der Waals surface area contributed by atoms with Gasteiger partial charge in [0.15, 0.2) is 0 Å². The molecule has 3 rings (SSSR count). The maximum Gasteiger partial charge on any atom is 0.105 e. The minimum absolute atomic E-state index is 0.0140. The maximum absolute atomic E-state index is 6.11. The highest BCUT2D eigenvalue weighted by molar-refractivity contribution is 4.96. The van der Waals surface area contributed by atoms with Crippen molar-refractivity contribution in [2.75, 3.05) is 6.61 Å². The number of rotatable bonds is 6. The quantitative estimate of drug-likeness (QED) is 0.731. The summed E-state index contributed by atoms with van der Waals surface area (Å²) in [4.78, 5) is 0. The van der Waals surface area contributed by atoms with Crippen molar-refractivity contribution in [3.63, 3.8) is 0 Å². The SMILES string of the molecule is NC(CC1CC2CCC21)OCCC1CCCCC1. The number of hydrogen-bond donors (Lipinski definition) is 1. The van der Waals surface area contributed by atoms with Crippen molar-refractivity contribution in [2.45, 2.75) is 70.4 Å². The number of ether oxygens (including phenoxy) is 1. The van der Waals surface area contributed by atoms with E-state index in [0.29, 0.717) is 0 Å². The van der Waals surface area contributed by atoms with E-state index in [4.69, 9.17) is 10.5 Å². The summed E-state index contributed by atoms with van der Waals surface area (Å²) in [5.74, 6) is 3.92. The van der Waals surface area contributed by atoms with E-state index < -0.39 is 0 Å². The molecule has 2 heteroatoms. The van der Waals surface area contributed by atoms with Crippen molar-refractivity contribution in [3.8, 4) is 0 Å². The average Bonchev–Trinajstić information content (AvgIpc) is 2.36. The lowest BCUT2D eigenvalue weighted by molar-refractivity contribution is -0.0638. The standard InChI is InChI=1S/C16H29NO/c17-16(11-14-10-13-6-7-15(13)14)18-9-8-12-4-2-1-3-5-12/h12-16H,1-11,17H2. The van der Waals surface area contributed by atoms with Gasteiger partial charge in [-0.15, -0.1) is 0 Å². The van der Waals surface area contributed by atoms with E-state index in [0.717, 1.165) is 36.7 Å². The molecule has 104 valence electrons. The molecule has 3 aliphatic rings. The van der Waals surface area contributed by atoms with Crippen LogP contribution in [0.5, 0.6) is 0 Å². The molecule has 0 heterocycles. The third-order valence-corrected chi connectivity index (χ3v) is 5.81. The van der Waals surface area contributed by atoms with E-state index in [9.17, 15) is 0 Å². The highest BCUT2D eigenvalue weighted by Gasteiger charge is 2.46. The van der Waals surface area contributed by atoms with Gasteiger partial charge in [-0.25, -0.2) is 0 Å². The molecule has 3 fully saturated rings. The molecule has 0 aromatic heterocycles. The van der Waals surface area contributed by atoms with Gasteiger partial charge in [0, 0.05) is 6.61 Å². The van der Waals surface area contributed by atoms with Crippen LogP contribution in [0.2, 0.25) is 0 Å². The molecule has 0 aromatic rings. The molecule has 2 nitrogen and oxygen atoms in total. The summed E-state index contributed by atoms with van der Waals surface area (Å²) in [6.07, 6.45) is 13.9. The van der Waals surface area contributed by atoms with Crippen LogP contribution in [0.4, 0.5) is 0 Å². The van der Waals surface area contributed by atoms with E-state index in [1.807, 2.05) is 0 Å². The van der Waals surface area contributed by atoms with Crippen LogP contribution in [0.3, 0.4) is 0 Å². The third kappa shape index (κ3) is 2.91. The molecular weight excluding hydrogens is 222 g/mol. The van der Waals surface area contributed by atoms with Gasteiger partial charge in [-0.2, -0.15) is 0 Å². The number of fused-ring (bicyclic) bond motifs is 1. The van der Waals surface area contributed by atoms with Crippen LogP contribution < -0.4 is 5.73 Å². The van der Waals surface area contributed by atoms with Gasteiger partial charge in [0.1, 0.15) is 6.23 Å². The van der Waals surface area contributed by atoms with Crippen molar-refractivity contribution >= 4 is 0 Å². The lowest BCUT2D eigenvalue weighted by atomic mass is 9.52. The lowest BCUT2D eigenvalue weighted by Crippen LogP contribution is -2.46. The summed E-state index contributed by atoms with van der Waals surface area (Å²) < 4.78 is 5.84. The zero-order valence-corrected chi connectivity index (χ0v) is 11.7. The fraction of sp³-hybridized carbons (Fsp3) is 1.00. The second-order valence-electron chi connectivity index (χ2n) is 6.93. The van der Waals surface area contributed by atoms with Crippen LogP contribution in [-0.2, 0) is 4.74 Å². The normalized spacial score (nSPS) is 37.5. The van der Waals surface area contributed by atoms with E-state index >= 15 is 0 Å². The zero-order valence-electron chi connectivity index (χ0n) is 11.7. The molecule has 2 N–H and O–H groups in total. The molecule has 0 radical (unpaired) electrons. The molecule has 18 heavy (non-hydrogen) atoms. The molecular formula is C16H29NO. The topological polar surface area (TPSA) is 35.2 Å². The number of hydrogen-bond acceptors (Lipinski definition) is 2. The molecule has 3 saturated carbocycles. The van der Waals surface area contributed by atoms with Gasteiger partial charge in [0.25, 0.3) is 0 Å². The molecule has 0 spiro atoms. The zero-order chi connectivity index (χ0) is 12.4. The minimum atomic E-state index is 0.0140. The lowest BCUT2D eigenvalue weighted by Gasteiger charge is -2.53. The first-order valence-electron chi connectivity index (χ1n) is 8.20. The van der Waals surface area contributed by atoms with E-state index in [2.05, 4.69) is 0 Å². The van der Waals surface area contributed by atoms with Gasteiger partial charge in [-0.1, -0.05) is 32.1 Å². The van der Waals surface area contributed by atoms with Crippen LogP contribution in [0, 0.1) is 23.7 Å². The van der Waals surface area contributed by atoms with Crippen molar-refractivity contribution in [3.05, 3.63) is 0 Å². The van der Waals surface area contributed by atoms with Gasteiger partial charge < -0.3 is 10.5 Å². The Balaban J connectivity index is 1.26. The van der Waals surface area contributed by atoms with Crippen molar-refractivity contribution in [1.29, 1.82) is 0 Å². The maximum atomic E-state index is 6.11. The monoisotopic (exact) mass is 251 g/mol. The largest absolute Gasteiger partial charge is 0.364 e. The van der Waals surface area contributed by atoms with Crippen LogP contribution in [0.25, 0.3) is 0 Å². The van der Waals surface area contributed by atoms with Crippen molar-refractivity contribution in [1.82, 2.24) is 0 Å². The Kier molecular flexibility index (Phi) is 4.25. The summed E-state index contributed by atoms with van der Waals surface area (Å²) >= 11 is 0. The average molecular weight is 251 g/mol. The third-order valence-electron chi connectivity index (χ3n) is 5.81. The summed E-state index contributed by atoms with van der Waals surface area (Å²) in [7, 11) is 0. The number of nitrogens with two attached hydrogens (primary N) is 1. The predicted octanol–water partition coefficient (Wildman–Crippen LogP) is 3.69. The molecule has 4 atom stereocenters. The summed E-state index contributed by atoms with van der Waals surface area (Å²) in [6.45, 7) is 0.895. The van der Waals surface area contributed by atoms with Gasteiger partial charge in [0.05, 0.1) is 0 Å². The molecule has 3 aliphatic carbocycles. The van der Waals surface area contributed by atoms with E-state index in [1.54, 1.807) is 0 Å². The summed E-state index contributed by atoms with van der Waals surface area (Å²) in [5, 5.41) is 0. The highest BCUT2D eigenvalue weighted by Crippen LogP contribution is 2.55. The van der Waals surface area contributed by atoms with Crippen molar-refractivity contribution < 1.29 is 4.74 Å². The first kappa shape index (κ1) is 12.9. The predicted molar refractivity (Wildman–Crippen MR) is 74.1 cm³/mol. The molecule has 0 aromatic carbocycles. The van der Waals surface area contributed by atoms with Gasteiger partial charge in [-0.05, 0) is 55.8 Å². The summed E-state index contributed by atoms with van der Waals surface area (Å²) in [5.41, 5.74) is 6.11. The summed E-state index contributed by atoms with van der Waals surface area (Å²) in [6, 6.07) is 0. The fourth-order valence-corrected chi connectivity index (χ4v) is 4.38. The Hall–Kier alpha value is -0.0800. The second-order valence-corrected chi connectivity index (χ2v) is 6.93. The van der Waals surface area contributed by atoms with Crippen LogP contribution in [-0.4, -0.2) is 12.8 Å². The van der Waals surface area contributed by atoms with Crippen LogP contribution in [0.15, 0.2) is 0 Å². The second kappa shape index (κ2) is 5.92. The van der Waals surface area contributed by atoms with Crippen LogP contribution in [0.1, 0.15) is 64.2 Å². The molecule has 0 amide bonds. The first-order valence-corrected chi connectivity index (χ1v) is 8.20. The molecule has 0 aliphatic heterocycles. The molecule has 0 bridgehead atoms.